The quantitative estimate of drug-likeness (QED) is 0.190. The lowest BCUT2D eigenvalue weighted by Crippen LogP contribution is -2.65. The van der Waals surface area contributed by atoms with Gasteiger partial charge in [-0.15, -0.1) is 0 Å². The molecular formula is C34H39N5O3. The van der Waals surface area contributed by atoms with E-state index in [1.165, 1.54) is 0 Å². The summed E-state index contributed by atoms with van der Waals surface area (Å²) in [5, 5.41) is 10.3. The maximum absolute atomic E-state index is 13.9. The number of primary amides is 1. The van der Waals surface area contributed by atoms with E-state index in [9.17, 15) is 14.4 Å². The molecule has 3 amide bonds. The number of nitrogens with one attached hydrogen (secondary N) is 4. The van der Waals surface area contributed by atoms with Crippen molar-refractivity contribution in [2.24, 2.45) is 11.7 Å². The third-order valence-electron chi connectivity index (χ3n) is 8.29. The van der Waals surface area contributed by atoms with Gasteiger partial charge in [0, 0.05) is 35.5 Å². The van der Waals surface area contributed by atoms with Gasteiger partial charge in [0.2, 0.25) is 17.7 Å². The van der Waals surface area contributed by atoms with Crippen molar-refractivity contribution in [1.82, 2.24) is 20.9 Å². The Balaban J connectivity index is 1.35. The van der Waals surface area contributed by atoms with Gasteiger partial charge in [-0.2, -0.15) is 0 Å². The first-order valence-electron chi connectivity index (χ1n) is 14.6. The second kappa shape index (κ2) is 12.6. The number of aromatic nitrogens is 1. The number of hydrogen-bond acceptors (Lipinski definition) is 4. The molecule has 0 fully saturated rings. The standard InChI is InChI=1S/C34H39N5O3/c1-22(2)31(32(35)41)38-33(42)34(18-17-29-26(19-34)25-15-9-10-16-28(25)37-29)39-30(40)21-36-20-27(23-11-5-3-6-12-23)24-13-7-4-8-14-24/h3-16,22,27,31,36-37H,17-21H2,1-2H3,(H2,35,41)(H,38,42)(H,39,40)/t31-,34-/m0/s1. The molecule has 0 saturated heterocycles. The highest BCUT2D eigenvalue weighted by molar-refractivity contribution is 5.96. The summed E-state index contributed by atoms with van der Waals surface area (Å²) in [4.78, 5) is 43.1. The van der Waals surface area contributed by atoms with Crippen LogP contribution in [0, 0.1) is 5.92 Å². The fraction of sp³-hybridized carbons (Fsp3) is 0.324. The van der Waals surface area contributed by atoms with Crippen molar-refractivity contribution in [3.05, 3.63) is 107 Å². The zero-order valence-corrected chi connectivity index (χ0v) is 24.2. The smallest absolute Gasteiger partial charge is 0.246 e. The van der Waals surface area contributed by atoms with E-state index in [0.29, 0.717) is 25.8 Å². The second-order valence-corrected chi connectivity index (χ2v) is 11.5. The fourth-order valence-corrected chi connectivity index (χ4v) is 6.04. The first kappa shape index (κ1) is 29.1. The monoisotopic (exact) mass is 565 g/mol. The molecule has 1 aliphatic carbocycles. The van der Waals surface area contributed by atoms with Crippen LogP contribution in [0.25, 0.3) is 10.9 Å². The average molecular weight is 566 g/mol. The van der Waals surface area contributed by atoms with E-state index in [2.05, 4.69) is 45.2 Å². The van der Waals surface area contributed by atoms with Gasteiger partial charge in [0.05, 0.1) is 6.54 Å². The molecule has 8 nitrogen and oxygen atoms in total. The molecular weight excluding hydrogens is 526 g/mol. The van der Waals surface area contributed by atoms with Crippen LogP contribution in [0.15, 0.2) is 84.9 Å². The Morgan fingerprint density at radius 2 is 1.52 bits per heavy atom. The van der Waals surface area contributed by atoms with Crippen molar-refractivity contribution < 1.29 is 14.4 Å². The number of H-pyrrole nitrogens is 1. The molecule has 0 bridgehead atoms. The minimum Gasteiger partial charge on any atom is -0.368 e. The maximum Gasteiger partial charge on any atom is 0.246 e. The summed E-state index contributed by atoms with van der Waals surface area (Å²) in [7, 11) is 0. The molecule has 3 aromatic carbocycles. The summed E-state index contributed by atoms with van der Waals surface area (Å²) in [6.07, 6.45) is 1.28. The van der Waals surface area contributed by atoms with Crippen LogP contribution in [0.4, 0.5) is 0 Å². The van der Waals surface area contributed by atoms with E-state index in [4.69, 9.17) is 5.73 Å². The Morgan fingerprint density at radius 1 is 0.905 bits per heavy atom. The SMILES string of the molecule is CC(C)[C@H](NC(=O)[C@]1(NC(=O)CNCC(c2ccccc2)c2ccccc2)CCc2[nH]c3ccccc3c2C1)C(N)=O. The summed E-state index contributed by atoms with van der Waals surface area (Å²) in [5.74, 6) is -1.41. The third-order valence-corrected chi connectivity index (χ3v) is 8.29. The zero-order valence-electron chi connectivity index (χ0n) is 24.2. The summed E-state index contributed by atoms with van der Waals surface area (Å²) in [6, 6.07) is 27.5. The van der Waals surface area contributed by atoms with Gasteiger partial charge in [-0.1, -0.05) is 92.7 Å². The molecule has 0 aliphatic heterocycles. The molecule has 1 aliphatic rings. The molecule has 0 spiro atoms. The van der Waals surface area contributed by atoms with Gasteiger partial charge in [-0.25, -0.2) is 0 Å². The van der Waals surface area contributed by atoms with Gasteiger partial charge < -0.3 is 26.7 Å². The number of carbonyl (C=O) groups is 3. The molecule has 8 heteroatoms. The van der Waals surface area contributed by atoms with Crippen LogP contribution < -0.4 is 21.7 Å². The highest BCUT2D eigenvalue weighted by atomic mass is 16.2. The Hall–Kier alpha value is -4.43. The van der Waals surface area contributed by atoms with Crippen LogP contribution in [0.3, 0.4) is 0 Å². The van der Waals surface area contributed by atoms with Crippen molar-refractivity contribution in [1.29, 1.82) is 0 Å². The molecule has 0 saturated carbocycles. The van der Waals surface area contributed by atoms with Crippen LogP contribution in [0.2, 0.25) is 0 Å². The van der Waals surface area contributed by atoms with E-state index >= 15 is 0 Å². The average Bonchev–Trinajstić information content (AvgIpc) is 3.36. The first-order chi connectivity index (χ1) is 20.3. The molecule has 5 rings (SSSR count). The number of hydrogen-bond donors (Lipinski definition) is 5. The first-order valence-corrected chi connectivity index (χ1v) is 14.6. The highest BCUT2D eigenvalue weighted by Gasteiger charge is 2.45. The predicted molar refractivity (Wildman–Crippen MR) is 165 cm³/mol. The number of carbonyl (C=O) groups excluding carboxylic acids is 3. The van der Waals surface area contributed by atoms with Crippen LogP contribution in [0.5, 0.6) is 0 Å². The van der Waals surface area contributed by atoms with E-state index in [0.717, 1.165) is 33.3 Å². The molecule has 218 valence electrons. The molecule has 6 N–H and O–H groups in total. The van der Waals surface area contributed by atoms with Gasteiger partial charge >= 0.3 is 0 Å². The van der Waals surface area contributed by atoms with E-state index < -0.39 is 23.4 Å². The number of rotatable bonds is 11. The topological polar surface area (TPSA) is 129 Å². The van der Waals surface area contributed by atoms with E-state index in [1.807, 2.05) is 74.5 Å². The van der Waals surface area contributed by atoms with Gasteiger partial charge in [-0.3, -0.25) is 14.4 Å². The van der Waals surface area contributed by atoms with Crippen molar-refractivity contribution >= 4 is 28.6 Å². The number of para-hydroxylation sites is 1. The Morgan fingerprint density at radius 3 is 2.14 bits per heavy atom. The van der Waals surface area contributed by atoms with Crippen molar-refractivity contribution in [3.63, 3.8) is 0 Å². The summed E-state index contributed by atoms with van der Waals surface area (Å²) in [5.41, 5.74) is 9.78. The minimum atomic E-state index is -1.22. The lowest BCUT2D eigenvalue weighted by Gasteiger charge is -2.38. The number of nitrogens with two attached hydrogens (primary N) is 1. The third kappa shape index (κ3) is 6.24. The maximum atomic E-state index is 13.9. The van der Waals surface area contributed by atoms with Crippen LogP contribution in [0.1, 0.15) is 48.6 Å². The number of aryl methyl sites for hydroxylation is 1. The molecule has 0 radical (unpaired) electrons. The molecule has 1 heterocycles. The summed E-state index contributed by atoms with van der Waals surface area (Å²) < 4.78 is 0. The van der Waals surface area contributed by atoms with E-state index in [-0.39, 0.29) is 24.3 Å². The fourth-order valence-electron chi connectivity index (χ4n) is 6.04. The lowest BCUT2D eigenvalue weighted by molar-refractivity contribution is -0.136. The summed E-state index contributed by atoms with van der Waals surface area (Å²) >= 11 is 0. The Labute approximate surface area is 246 Å². The molecule has 4 aromatic rings. The largest absolute Gasteiger partial charge is 0.368 e. The zero-order chi connectivity index (χ0) is 29.7. The predicted octanol–water partition coefficient (Wildman–Crippen LogP) is 3.56. The number of amides is 3. The van der Waals surface area contributed by atoms with Crippen molar-refractivity contribution in [3.8, 4) is 0 Å². The molecule has 2 atom stereocenters. The Bertz CT molecular complexity index is 1510. The van der Waals surface area contributed by atoms with Gasteiger partial charge in [0.1, 0.15) is 11.6 Å². The van der Waals surface area contributed by atoms with Crippen molar-refractivity contribution in [2.75, 3.05) is 13.1 Å². The van der Waals surface area contributed by atoms with Crippen molar-refractivity contribution in [2.45, 2.75) is 50.6 Å². The number of aromatic amines is 1. The molecule has 1 aromatic heterocycles. The minimum absolute atomic E-state index is 0.0371. The number of benzene rings is 3. The van der Waals surface area contributed by atoms with Gasteiger partial charge in [-0.05, 0) is 41.5 Å². The van der Waals surface area contributed by atoms with Crippen LogP contribution >= 0.6 is 0 Å². The molecule has 0 unspecified atom stereocenters. The summed E-state index contributed by atoms with van der Waals surface area (Å²) in [6.45, 7) is 4.25. The van der Waals surface area contributed by atoms with Crippen LogP contribution in [-0.2, 0) is 27.2 Å². The lowest BCUT2D eigenvalue weighted by atomic mass is 9.78. The highest BCUT2D eigenvalue weighted by Crippen LogP contribution is 2.34. The van der Waals surface area contributed by atoms with Crippen LogP contribution in [-0.4, -0.2) is 47.4 Å². The number of fused-ring (bicyclic) bond motifs is 3. The van der Waals surface area contributed by atoms with E-state index in [1.54, 1.807) is 0 Å². The van der Waals surface area contributed by atoms with Gasteiger partial charge in [0.15, 0.2) is 0 Å². The second-order valence-electron chi connectivity index (χ2n) is 11.5. The molecule has 42 heavy (non-hydrogen) atoms. The van der Waals surface area contributed by atoms with Gasteiger partial charge in [0.25, 0.3) is 0 Å². The Kier molecular flexibility index (Phi) is 8.73. The normalized spacial score (nSPS) is 17.1.